The van der Waals surface area contributed by atoms with Crippen molar-refractivity contribution in [2.24, 2.45) is 0 Å². The van der Waals surface area contributed by atoms with E-state index in [-0.39, 0.29) is 18.4 Å². The topological polar surface area (TPSA) is 83.7 Å². The molecule has 7 nitrogen and oxygen atoms in total. The molecule has 0 spiro atoms. The highest BCUT2D eigenvalue weighted by Gasteiger charge is 2.30. The molecule has 158 valence electrons. The monoisotopic (exact) mass is 427 g/mol. The van der Waals surface area contributed by atoms with E-state index in [2.05, 4.69) is 4.98 Å². The van der Waals surface area contributed by atoms with Crippen molar-refractivity contribution in [3.8, 4) is 0 Å². The molecule has 8 heteroatoms. The highest BCUT2D eigenvalue weighted by atomic mass is 32.2. The predicted molar refractivity (Wildman–Crippen MR) is 116 cm³/mol. The number of sulfonamides is 1. The van der Waals surface area contributed by atoms with Crippen LogP contribution >= 0.6 is 0 Å². The minimum absolute atomic E-state index is 0.156. The lowest BCUT2D eigenvalue weighted by Gasteiger charge is -2.33. The van der Waals surface area contributed by atoms with Gasteiger partial charge >= 0.3 is 0 Å². The highest BCUT2D eigenvalue weighted by molar-refractivity contribution is 7.92. The molecule has 3 aromatic rings. The fraction of sp³-hybridized carbons (Fsp3) is 0.364. The van der Waals surface area contributed by atoms with Crippen LogP contribution < -0.4 is 4.31 Å². The number of fused-ring (bicyclic) bond motifs is 1. The van der Waals surface area contributed by atoms with Gasteiger partial charge in [-0.05, 0) is 43.5 Å². The number of aryl methyl sites for hydroxylation is 1. The Kier molecular flexibility index (Phi) is 5.51. The van der Waals surface area contributed by atoms with Crippen LogP contribution in [0, 0.1) is 6.92 Å². The minimum Gasteiger partial charge on any atom is -0.440 e. The van der Waals surface area contributed by atoms with Gasteiger partial charge in [0, 0.05) is 19.0 Å². The number of hydrogen-bond donors (Lipinski definition) is 0. The summed E-state index contributed by atoms with van der Waals surface area (Å²) in [7, 11) is -3.58. The molecular formula is C22H25N3O4S. The summed E-state index contributed by atoms with van der Waals surface area (Å²) in [5.74, 6) is 0.671. The number of aromatic nitrogens is 1. The normalized spacial score (nSPS) is 15.5. The molecular weight excluding hydrogens is 402 g/mol. The number of anilines is 1. The van der Waals surface area contributed by atoms with Crippen LogP contribution in [0.1, 0.15) is 30.2 Å². The predicted octanol–water partition coefficient (Wildman–Crippen LogP) is 3.31. The van der Waals surface area contributed by atoms with Crippen molar-refractivity contribution in [1.29, 1.82) is 0 Å². The Hall–Kier alpha value is -2.87. The zero-order chi connectivity index (χ0) is 21.3. The molecule has 1 aliphatic heterocycles. The molecule has 1 amide bonds. The zero-order valence-corrected chi connectivity index (χ0v) is 17.9. The molecule has 1 aromatic heterocycles. The Balaban J connectivity index is 1.43. The van der Waals surface area contributed by atoms with Crippen molar-refractivity contribution in [3.05, 3.63) is 60.0 Å². The Morgan fingerprint density at radius 1 is 1.13 bits per heavy atom. The maximum atomic E-state index is 12.9. The van der Waals surface area contributed by atoms with E-state index in [1.54, 1.807) is 17.0 Å². The molecule has 1 saturated heterocycles. The SMILES string of the molecule is Cc1ccccc1N(CC(=O)N1CCC(c2nc3ccccc3o2)CC1)S(C)(=O)=O. The molecule has 0 saturated carbocycles. The van der Waals surface area contributed by atoms with E-state index in [1.165, 1.54) is 4.31 Å². The number of nitrogens with zero attached hydrogens (tertiary/aromatic N) is 3. The summed E-state index contributed by atoms with van der Waals surface area (Å²) < 4.78 is 31.8. The van der Waals surface area contributed by atoms with Crippen LogP contribution in [0.2, 0.25) is 0 Å². The average molecular weight is 428 g/mol. The standard InChI is InChI=1S/C22H25N3O4S/c1-16-7-3-5-9-19(16)25(30(2,27)28)15-21(26)24-13-11-17(12-14-24)22-23-18-8-4-6-10-20(18)29-22/h3-10,17H,11-15H2,1-2H3. The summed E-state index contributed by atoms with van der Waals surface area (Å²) in [6, 6.07) is 14.8. The molecule has 0 atom stereocenters. The minimum atomic E-state index is -3.58. The molecule has 2 aromatic carbocycles. The van der Waals surface area contributed by atoms with Crippen molar-refractivity contribution in [3.63, 3.8) is 0 Å². The van der Waals surface area contributed by atoms with Crippen molar-refractivity contribution in [1.82, 2.24) is 9.88 Å². The lowest BCUT2D eigenvalue weighted by Crippen LogP contribution is -2.45. The average Bonchev–Trinajstić information content (AvgIpc) is 3.16. The molecule has 1 aliphatic rings. The van der Waals surface area contributed by atoms with Gasteiger partial charge in [0.1, 0.15) is 12.1 Å². The van der Waals surface area contributed by atoms with Gasteiger partial charge in [0.05, 0.1) is 11.9 Å². The van der Waals surface area contributed by atoms with Crippen LogP contribution in [0.25, 0.3) is 11.1 Å². The number of piperidine rings is 1. The Morgan fingerprint density at radius 3 is 2.47 bits per heavy atom. The molecule has 30 heavy (non-hydrogen) atoms. The molecule has 0 N–H and O–H groups in total. The number of hydrogen-bond acceptors (Lipinski definition) is 5. The largest absolute Gasteiger partial charge is 0.440 e. The number of likely N-dealkylation sites (tertiary alicyclic amines) is 1. The van der Waals surface area contributed by atoms with Gasteiger partial charge in [0.25, 0.3) is 0 Å². The van der Waals surface area contributed by atoms with Crippen LogP contribution in [0.5, 0.6) is 0 Å². The summed E-state index contributed by atoms with van der Waals surface area (Å²) in [6.07, 6.45) is 2.61. The van der Waals surface area contributed by atoms with E-state index < -0.39 is 10.0 Å². The van der Waals surface area contributed by atoms with Crippen molar-refractivity contribution in [2.45, 2.75) is 25.7 Å². The van der Waals surface area contributed by atoms with Crippen LogP contribution in [0.15, 0.2) is 52.9 Å². The first-order valence-electron chi connectivity index (χ1n) is 9.99. The lowest BCUT2D eigenvalue weighted by atomic mass is 9.97. The molecule has 4 rings (SSSR count). The van der Waals surface area contributed by atoms with E-state index in [9.17, 15) is 13.2 Å². The molecule has 1 fully saturated rings. The number of oxazole rings is 1. The Labute approximate surface area is 176 Å². The number of carbonyl (C=O) groups is 1. The molecule has 0 bridgehead atoms. The van der Waals surface area contributed by atoms with Gasteiger partial charge in [-0.1, -0.05) is 30.3 Å². The van der Waals surface area contributed by atoms with E-state index in [4.69, 9.17) is 4.42 Å². The van der Waals surface area contributed by atoms with Crippen LogP contribution in [-0.4, -0.2) is 50.1 Å². The number of carbonyl (C=O) groups excluding carboxylic acids is 1. The van der Waals surface area contributed by atoms with Crippen LogP contribution in [-0.2, 0) is 14.8 Å². The Bertz CT molecular complexity index is 1130. The molecule has 2 heterocycles. The van der Waals surface area contributed by atoms with E-state index in [0.717, 1.165) is 35.8 Å². The zero-order valence-electron chi connectivity index (χ0n) is 17.1. The first-order chi connectivity index (χ1) is 14.3. The second kappa shape index (κ2) is 8.10. The lowest BCUT2D eigenvalue weighted by molar-refractivity contribution is -0.130. The third-order valence-corrected chi connectivity index (χ3v) is 6.70. The third-order valence-electron chi connectivity index (χ3n) is 5.57. The summed E-state index contributed by atoms with van der Waals surface area (Å²) in [5, 5.41) is 0. The number of rotatable bonds is 5. The van der Waals surface area contributed by atoms with Crippen molar-refractivity contribution >= 4 is 32.7 Å². The van der Waals surface area contributed by atoms with E-state index >= 15 is 0 Å². The van der Waals surface area contributed by atoms with Gasteiger partial charge in [-0.15, -0.1) is 0 Å². The summed E-state index contributed by atoms with van der Waals surface area (Å²) in [5.41, 5.74) is 2.96. The first-order valence-corrected chi connectivity index (χ1v) is 11.8. The summed E-state index contributed by atoms with van der Waals surface area (Å²) in [4.78, 5) is 19.2. The van der Waals surface area contributed by atoms with Gasteiger partial charge in [-0.3, -0.25) is 9.10 Å². The van der Waals surface area contributed by atoms with Gasteiger partial charge in [-0.25, -0.2) is 13.4 Å². The third kappa shape index (κ3) is 4.18. The highest BCUT2D eigenvalue weighted by Crippen LogP contribution is 2.30. The van der Waals surface area contributed by atoms with Crippen molar-refractivity contribution < 1.29 is 17.6 Å². The molecule has 0 aliphatic carbocycles. The smallest absolute Gasteiger partial charge is 0.243 e. The van der Waals surface area contributed by atoms with Gasteiger partial charge in [0.15, 0.2) is 11.5 Å². The second-order valence-corrected chi connectivity index (χ2v) is 9.64. The van der Waals surface area contributed by atoms with Gasteiger partial charge < -0.3 is 9.32 Å². The van der Waals surface area contributed by atoms with E-state index in [1.807, 2.05) is 43.3 Å². The molecule has 0 radical (unpaired) electrons. The Morgan fingerprint density at radius 2 is 1.80 bits per heavy atom. The number of para-hydroxylation sites is 3. The van der Waals surface area contributed by atoms with Gasteiger partial charge in [-0.2, -0.15) is 0 Å². The first kappa shape index (κ1) is 20.4. The second-order valence-electron chi connectivity index (χ2n) is 7.73. The number of benzene rings is 2. The maximum Gasteiger partial charge on any atom is 0.243 e. The quantitative estimate of drug-likeness (QED) is 0.624. The van der Waals surface area contributed by atoms with Gasteiger partial charge in [0.2, 0.25) is 15.9 Å². The van der Waals surface area contributed by atoms with Crippen LogP contribution in [0.4, 0.5) is 5.69 Å². The van der Waals surface area contributed by atoms with E-state index in [0.29, 0.717) is 24.7 Å². The maximum absolute atomic E-state index is 12.9. The fourth-order valence-corrected chi connectivity index (χ4v) is 4.79. The molecule has 0 unspecified atom stereocenters. The van der Waals surface area contributed by atoms with Crippen molar-refractivity contribution in [2.75, 3.05) is 30.2 Å². The summed E-state index contributed by atoms with van der Waals surface area (Å²) >= 11 is 0. The van der Waals surface area contributed by atoms with Crippen LogP contribution in [0.3, 0.4) is 0 Å². The fourth-order valence-electron chi connectivity index (χ4n) is 3.89. The number of amides is 1. The summed E-state index contributed by atoms with van der Waals surface area (Å²) in [6.45, 7) is 2.74.